The second-order valence-corrected chi connectivity index (χ2v) is 15.4. The minimum absolute atomic E-state index is 0.000573. The summed E-state index contributed by atoms with van der Waals surface area (Å²) >= 11 is 0. The summed E-state index contributed by atoms with van der Waals surface area (Å²) in [6.45, 7) is 8.96. The number of aliphatic hydroxyl groups excluding tert-OH is 1. The quantitative estimate of drug-likeness (QED) is 0.151. The lowest BCUT2D eigenvalue weighted by molar-refractivity contribution is -0.0179. The van der Waals surface area contributed by atoms with E-state index in [1.807, 2.05) is 91.4 Å². The van der Waals surface area contributed by atoms with Crippen LogP contribution >= 0.6 is 0 Å². The molecule has 1 saturated heterocycles. The van der Waals surface area contributed by atoms with Crippen molar-refractivity contribution in [1.82, 2.24) is 29.4 Å². The maximum absolute atomic E-state index is 13.1. The average molecular weight is 751 g/mol. The monoisotopic (exact) mass is 750 g/mol. The van der Waals surface area contributed by atoms with Crippen LogP contribution in [0.3, 0.4) is 0 Å². The molecule has 3 aliphatic rings. The molecule has 3 N–H and O–H groups in total. The minimum atomic E-state index is -0.156. The summed E-state index contributed by atoms with van der Waals surface area (Å²) in [5.41, 5.74) is 12.4. The van der Waals surface area contributed by atoms with Gasteiger partial charge < -0.3 is 29.3 Å². The van der Waals surface area contributed by atoms with Gasteiger partial charge in [0, 0.05) is 48.4 Å². The molecule has 2 aliphatic carbocycles. The Balaban J connectivity index is 0.000000157. The maximum Gasteiger partial charge on any atom is 0.255 e. The Morgan fingerprint density at radius 1 is 0.804 bits per heavy atom. The number of aliphatic hydroxyl groups is 1. The van der Waals surface area contributed by atoms with Crippen molar-refractivity contribution in [2.75, 3.05) is 13.2 Å². The first kappa shape index (κ1) is 37.3. The van der Waals surface area contributed by atoms with E-state index in [0.717, 1.165) is 85.5 Å². The van der Waals surface area contributed by atoms with Crippen LogP contribution in [0.5, 0.6) is 0 Å². The van der Waals surface area contributed by atoms with E-state index < -0.39 is 0 Å². The van der Waals surface area contributed by atoms with E-state index in [4.69, 9.17) is 9.84 Å². The van der Waals surface area contributed by atoms with Crippen molar-refractivity contribution in [2.24, 2.45) is 0 Å². The van der Waals surface area contributed by atoms with Crippen molar-refractivity contribution in [3.05, 3.63) is 147 Å². The molecule has 288 valence electrons. The molecular weight excluding hydrogens is 701 g/mol. The lowest BCUT2D eigenvalue weighted by Gasteiger charge is -2.39. The van der Waals surface area contributed by atoms with E-state index in [2.05, 4.69) is 57.0 Å². The van der Waals surface area contributed by atoms with E-state index in [-0.39, 0.29) is 36.1 Å². The SMILES string of the molecule is Cc1cc(C)n2ccc(C(=O)NC3CC=C(CCCO)c4ccccc43)c2n1.Cc1cc(C)n2ccc(C(=O)NC3CCC4(CCCO4)c4ccccc43)c2n1. The van der Waals surface area contributed by atoms with Gasteiger partial charge in [-0.15, -0.1) is 0 Å². The number of aryl methyl sites for hydroxylation is 4. The molecular formula is C46H50N6O4. The van der Waals surface area contributed by atoms with Gasteiger partial charge in [-0.25, -0.2) is 9.97 Å². The molecule has 10 heteroatoms. The van der Waals surface area contributed by atoms with Gasteiger partial charge in [-0.2, -0.15) is 0 Å². The van der Waals surface area contributed by atoms with Crippen LogP contribution in [0.4, 0.5) is 0 Å². The lowest BCUT2D eigenvalue weighted by atomic mass is 9.75. The zero-order valence-electron chi connectivity index (χ0n) is 32.6. The van der Waals surface area contributed by atoms with E-state index in [9.17, 15) is 9.59 Å². The molecule has 4 aromatic heterocycles. The second kappa shape index (κ2) is 15.5. The smallest absolute Gasteiger partial charge is 0.255 e. The van der Waals surface area contributed by atoms with Crippen LogP contribution in [0.2, 0.25) is 0 Å². The topological polar surface area (TPSA) is 122 Å². The fraction of sp³-hybridized carbons (Fsp3) is 0.348. The molecule has 56 heavy (non-hydrogen) atoms. The number of carbonyl (C=O) groups excluding carboxylic acids is 2. The molecule has 2 amide bonds. The number of ether oxygens (including phenoxy) is 1. The number of rotatable bonds is 7. The van der Waals surface area contributed by atoms with Gasteiger partial charge in [-0.05, 0) is 125 Å². The first-order valence-electron chi connectivity index (χ1n) is 19.8. The van der Waals surface area contributed by atoms with E-state index in [1.165, 1.54) is 22.3 Å². The molecule has 1 aliphatic heterocycles. The van der Waals surface area contributed by atoms with Crippen LogP contribution in [-0.2, 0) is 10.3 Å². The maximum atomic E-state index is 13.1. The number of allylic oxidation sites excluding steroid dienone is 1. The zero-order valence-corrected chi connectivity index (χ0v) is 32.6. The molecule has 5 heterocycles. The highest BCUT2D eigenvalue weighted by Gasteiger charge is 2.43. The van der Waals surface area contributed by atoms with Gasteiger partial charge in [-0.1, -0.05) is 54.6 Å². The van der Waals surface area contributed by atoms with Crippen molar-refractivity contribution in [1.29, 1.82) is 0 Å². The summed E-state index contributed by atoms with van der Waals surface area (Å²) in [5, 5.41) is 15.6. The molecule has 2 aromatic carbocycles. The summed E-state index contributed by atoms with van der Waals surface area (Å²) in [6, 6.07) is 24.3. The third-order valence-corrected chi connectivity index (χ3v) is 11.6. The summed E-state index contributed by atoms with van der Waals surface area (Å²) in [5.74, 6) is -0.171. The fourth-order valence-electron chi connectivity index (χ4n) is 8.99. The van der Waals surface area contributed by atoms with E-state index in [1.54, 1.807) is 0 Å². The number of hydrogen-bond donors (Lipinski definition) is 3. The van der Waals surface area contributed by atoms with Crippen LogP contribution in [-0.4, -0.2) is 48.9 Å². The van der Waals surface area contributed by atoms with Gasteiger partial charge in [0.15, 0.2) is 0 Å². The predicted molar refractivity (Wildman–Crippen MR) is 218 cm³/mol. The third-order valence-electron chi connectivity index (χ3n) is 11.6. The highest BCUT2D eigenvalue weighted by molar-refractivity contribution is 6.01. The van der Waals surface area contributed by atoms with Gasteiger partial charge in [-0.3, -0.25) is 9.59 Å². The standard InChI is InChI=1S/2C23H25N3O2/c1-15-14-16(2)26-12-9-18(21(26)24-15)22(27)25-20-8-11-23(10-5-13-28-23)19-7-4-3-6-17(19)20;1-15-14-16(2)26-12-11-20(22(26)24-15)23(28)25-21-10-9-17(6-5-13-27)18-7-3-4-8-19(18)21/h3-4,6-7,9,12,14,20H,5,8,10-11,13H2,1-2H3,(H,25,27);3-4,7-9,11-12,14,21,27H,5-6,10,13H2,1-2H3,(H,25,28). The summed E-state index contributed by atoms with van der Waals surface area (Å²) in [6.07, 6.45) is 12.4. The van der Waals surface area contributed by atoms with E-state index >= 15 is 0 Å². The van der Waals surface area contributed by atoms with Crippen molar-refractivity contribution >= 4 is 28.7 Å². The van der Waals surface area contributed by atoms with E-state index in [0.29, 0.717) is 16.8 Å². The first-order valence-corrected chi connectivity index (χ1v) is 19.8. The molecule has 0 radical (unpaired) electrons. The zero-order chi connectivity index (χ0) is 39.0. The minimum Gasteiger partial charge on any atom is -0.396 e. The second-order valence-electron chi connectivity index (χ2n) is 15.4. The van der Waals surface area contributed by atoms with Crippen molar-refractivity contribution in [3.63, 3.8) is 0 Å². The molecule has 0 bridgehead atoms. The molecule has 9 rings (SSSR count). The Kier molecular flexibility index (Phi) is 10.3. The van der Waals surface area contributed by atoms with Crippen molar-refractivity contribution < 1.29 is 19.4 Å². The Hall–Kier alpha value is -5.58. The number of nitrogens with zero attached hydrogens (tertiary/aromatic N) is 4. The largest absolute Gasteiger partial charge is 0.396 e. The summed E-state index contributed by atoms with van der Waals surface area (Å²) < 4.78 is 10.1. The normalized spacial score (nSPS) is 19.9. The summed E-state index contributed by atoms with van der Waals surface area (Å²) in [4.78, 5) is 35.4. The molecule has 3 unspecified atom stereocenters. The molecule has 6 aromatic rings. The third kappa shape index (κ3) is 7.03. The number of fused-ring (bicyclic) bond motifs is 5. The molecule has 3 atom stereocenters. The Bertz CT molecular complexity index is 2470. The van der Waals surface area contributed by atoms with Gasteiger partial charge in [0.2, 0.25) is 0 Å². The van der Waals surface area contributed by atoms with Crippen LogP contribution in [0.1, 0.15) is 123 Å². The van der Waals surface area contributed by atoms with Gasteiger partial charge in [0.25, 0.3) is 11.8 Å². The Labute approximate surface area is 327 Å². The van der Waals surface area contributed by atoms with Crippen LogP contribution in [0.15, 0.2) is 91.3 Å². The lowest BCUT2D eigenvalue weighted by Crippen LogP contribution is -2.38. The predicted octanol–water partition coefficient (Wildman–Crippen LogP) is 8.20. The average Bonchev–Trinajstić information content (AvgIpc) is 3.96. The molecule has 1 spiro atoms. The van der Waals surface area contributed by atoms with Crippen LogP contribution < -0.4 is 10.6 Å². The summed E-state index contributed by atoms with van der Waals surface area (Å²) in [7, 11) is 0. The Morgan fingerprint density at radius 2 is 1.41 bits per heavy atom. The number of nitrogens with one attached hydrogen (secondary N) is 2. The number of hydrogen-bond acceptors (Lipinski definition) is 6. The highest BCUT2D eigenvalue weighted by atomic mass is 16.5. The highest BCUT2D eigenvalue weighted by Crippen LogP contribution is 2.48. The number of aromatic nitrogens is 4. The number of carbonyl (C=O) groups is 2. The van der Waals surface area contributed by atoms with Gasteiger partial charge in [0.1, 0.15) is 11.3 Å². The molecule has 1 fully saturated rings. The Morgan fingerprint density at radius 3 is 2.04 bits per heavy atom. The molecule has 0 saturated carbocycles. The van der Waals surface area contributed by atoms with Gasteiger partial charge in [0.05, 0.1) is 28.8 Å². The fourth-order valence-corrected chi connectivity index (χ4v) is 8.99. The van der Waals surface area contributed by atoms with Crippen LogP contribution in [0.25, 0.3) is 16.9 Å². The van der Waals surface area contributed by atoms with Crippen molar-refractivity contribution in [3.8, 4) is 0 Å². The number of amides is 2. The first-order chi connectivity index (χ1) is 27.2. The molecule has 10 nitrogen and oxygen atoms in total. The van der Waals surface area contributed by atoms with Crippen molar-refractivity contribution in [2.45, 2.75) is 90.3 Å². The van der Waals surface area contributed by atoms with Gasteiger partial charge >= 0.3 is 0 Å². The number of benzene rings is 2. The van der Waals surface area contributed by atoms with Crippen LogP contribution in [0, 0.1) is 27.7 Å².